The van der Waals surface area contributed by atoms with E-state index in [0.29, 0.717) is 34.9 Å². The molecule has 0 saturated carbocycles. The van der Waals surface area contributed by atoms with Crippen molar-refractivity contribution in [2.45, 2.75) is 20.0 Å². The van der Waals surface area contributed by atoms with Crippen LogP contribution in [0.15, 0.2) is 36.4 Å². The molecule has 0 radical (unpaired) electrons. The largest absolute Gasteiger partial charge is 0.488 e. The minimum Gasteiger partial charge on any atom is -0.488 e. The summed E-state index contributed by atoms with van der Waals surface area (Å²) in [6, 6.07) is 10.6. The minimum atomic E-state index is -0.315. The number of ketones is 1. The molecule has 118 valence electrons. The van der Waals surface area contributed by atoms with Crippen molar-refractivity contribution < 1.29 is 19.1 Å². The molecule has 0 aliphatic carbocycles. The summed E-state index contributed by atoms with van der Waals surface area (Å²) in [6.45, 7) is 1.97. The third kappa shape index (κ3) is 3.37. The molecule has 1 aliphatic rings. The van der Waals surface area contributed by atoms with Crippen LogP contribution in [-0.4, -0.2) is 18.4 Å². The molecule has 23 heavy (non-hydrogen) atoms. The Balaban J connectivity index is 1.90. The predicted molar refractivity (Wildman–Crippen MR) is 86.0 cm³/mol. The summed E-state index contributed by atoms with van der Waals surface area (Å²) in [4.78, 5) is 23.6. The molecule has 0 amide bonds. The van der Waals surface area contributed by atoms with Gasteiger partial charge in [0.05, 0.1) is 12.2 Å². The number of hydrogen-bond acceptors (Lipinski definition) is 4. The van der Waals surface area contributed by atoms with Crippen LogP contribution in [0.4, 0.5) is 0 Å². The van der Waals surface area contributed by atoms with Crippen molar-refractivity contribution in [2.75, 3.05) is 6.61 Å². The van der Waals surface area contributed by atoms with Crippen molar-refractivity contribution >= 4 is 23.4 Å². The maximum atomic E-state index is 12.8. The molecule has 1 aliphatic heterocycles. The molecular weight excluding hydrogens is 316 g/mol. The van der Waals surface area contributed by atoms with Crippen LogP contribution in [0, 0.1) is 0 Å². The number of hydrogen-bond donors (Lipinski definition) is 0. The zero-order chi connectivity index (χ0) is 16.4. The minimum absolute atomic E-state index is 0.0847. The van der Waals surface area contributed by atoms with Crippen molar-refractivity contribution in [3.8, 4) is 5.75 Å². The second kappa shape index (κ2) is 6.42. The Morgan fingerprint density at radius 1 is 1.22 bits per heavy atom. The van der Waals surface area contributed by atoms with Crippen LogP contribution < -0.4 is 4.74 Å². The van der Waals surface area contributed by atoms with Gasteiger partial charge < -0.3 is 9.47 Å². The summed E-state index contributed by atoms with van der Waals surface area (Å²) >= 11 is 5.99. The molecule has 5 heteroatoms. The first kappa shape index (κ1) is 15.6. The smallest absolute Gasteiger partial charge is 0.302 e. The van der Waals surface area contributed by atoms with Gasteiger partial charge in [0.1, 0.15) is 12.4 Å². The Kier molecular flexibility index (Phi) is 4.35. The van der Waals surface area contributed by atoms with E-state index in [2.05, 4.69) is 0 Å². The molecule has 4 nitrogen and oxygen atoms in total. The number of fused-ring (bicyclic) bond motifs is 2. The number of halogens is 1. The number of ether oxygens (including phenoxy) is 2. The van der Waals surface area contributed by atoms with Crippen molar-refractivity contribution in [3.63, 3.8) is 0 Å². The molecule has 0 bridgehead atoms. The van der Waals surface area contributed by atoms with Gasteiger partial charge in [0.15, 0.2) is 5.78 Å². The van der Waals surface area contributed by atoms with Crippen molar-refractivity contribution in [3.05, 3.63) is 63.7 Å². The lowest BCUT2D eigenvalue weighted by atomic mass is 9.97. The van der Waals surface area contributed by atoms with Gasteiger partial charge in [-0.05, 0) is 35.9 Å². The van der Waals surface area contributed by atoms with E-state index in [1.165, 1.54) is 6.92 Å². The molecule has 0 unspecified atom stereocenters. The molecule has 2 aromatic carbocycles. The van der Waals surface area contributed by atoms with Gasteiger partial charge >= 0.3 is 5.97 Å². The average Bonchev–Trinajstić information content (AvgIpc) is 2.64. The summed E-state index contributed by atoms with van der Waals surface area (Å²) in [5.41, 5.74) is 2.82. The van der Waals surface area contributed by atoms with E-state index in [4.69, 9.17) is 21.1 Å². The fraction of sp³-hybridized carbons (Fsp3) is 0.222. The van der Waals surface area contributed by atoms with Crippen molar-refractivity contribution in [2.24, 2.45) is 0 Å². The van der Waals surface area contributed by atoms with Gasteiger partial charge in [-0.25, -0.2) is 0 Å². The molecular formula is C18H15ClO4. The molecule has 0 aromatic heterocycles. The maximum absolute atomic E-state index is 12.8. The molecule has 0 fully saturated rings. The van der Waals surface area contributed by atoms with Crippen LogP contribution in [0.1, 0.15) is 34.0 Å². The molecule has 3 rings (SSSR count). The Bertz CT molecular complexity index is 783. The average molecular weight is 331 g/mol. The van der Waals surface area contributed by atoms with E-state index in [9.17, 15) is 9.59 Å². The maximum Gasteiger partial charge on any atom is 0.302 e. The number of rotatable bonds is 3. The summed E-state index contributed by atoms with van der Waals surface area (Å²) < 4.78 is 10.7. The summed E-state index contributed by atoms with van der Waals surface area (Å²) in [6.07, 6.45) is 0.549. The summed E-state index contributed by atoms with van der Waals surface area (Å²) in [5.74, 6) is 0.155. The molecule has 1 heterocycles. The Labute approximate surface area is 139 Å². The quantitative estimate of drug-likeness (QED) is 0.807. The molecule has 0 spiro atoms. The fourth-order valence-corrected chi connectivity index (χ4v) is 2.75. The van der Waals surface area contributed by atoms with Crippen LogP contribution in [-0.2, 0) is 22.6 Å². The van der Waals surface area contributed by atoms with Crippen molar-refractivity contribution in [1.82, 2.24) is 0 Å². The standard InChI is InChI=1S/C18H15ClO4/c1-11(20)22-7-6-12-2-5-17-16(8-12)18(21)15-4-3-14(19)9-13(15)10-23-17/h2-5,8-9H,6-7,10H2,1H3. The van der Waals surface area contributed by atoms with Crippen LogP contribution in [0.3, 0.4) is 0 Å². The van der Waals surface area contributed by atoms with E-state index in [1.54, 1.807) is 30.3 Å². The van der Waals surface area contributed by atoms with E-state index >= 15 is 0 Å². The number of carbonyl (C=O) groups excluding carboxylic acids is 2. The highest BCUT2D eigenvalue weighted by molar-refractivity contribution is 6.30. The van der Waals surface area contributed by atoms with Gasteiger partial charge in [0.25, 0.3) is 0 Å². The summed E-state index contributed by atoms with van der Waals surface area (Å²) in [7, 11) is 0. The van der Waals surface area contributed by atoms with E-state index in [0.717, 1.165) is 11.1 Å². The molecule has 0 saturated heterocycles. The highest BCUT2D eigenvalue weighted by atomic mass is 35.5. The van der Waals surface area contributed by atoms with E-state index in [-0.39, 0.29) is 18.4 Å². The third-order valence-corrected chi connectivity index (χ3v) is 3.91. The first-order valence-electron chi connectivity index (χ1n) is 7.27. The first-order valence-corrected chi connectivity index (χ1v) is 7.64. The first-order chi connectivity index (χ1) is 11.0. The number of benzene rings is 2. The van der Waals surface area contributed by atoms with E-state index in [1.807, 2.05) is 6.07 Å². The molecule has 0 atom stereocenters. The lowest BCUT2D eigenvalue weighted by molar-refractivity contribution is -0.140. The summed E-state index contributed by atoms with van der Waals surface area (Å²) in [5, 5.41) is 0.577. The SMILES string of the molecule is CC(=O)OCCc1ccc2c(c1)C(=O)c1ccc(Cl)cc1CO2. The second-order valence-electron chi connectivity index (χ2n) is 5.34. The van der Waals surface area contributed by atoms with Crippen LogP contribution in [0.25, 0.3) is 0 Å². The van der Waals surface area contributed by atoms with Gasteiger partial charge in [0.2, 0.25) is 0 Å². The molecule has 2 aromatic rings. The van der Waals surface area contributed by atoms with Gasteiger partial charge in [-0.1, -0.05) is 17.7 Å². The van der Waals surface area contributed by atoms with Crippen molar-refractivity contribution in [1.29, 1.82) is 0 Å². The number of carbonyl (C=O) groups is 2. The van der Waals surface area contributed by atoms with Gasteiger partial charge in [-0.3, -0.25) is 9.59 Å². The highest BCUT2D eigenvalue weighted by Crippen LogP contribution is 2.30. The van der Waals surface area contributed by atoms with Crippen LogP contribution >= 0.6 is 11.6 Å². The van der Waals surface area contributed by atoms with E-state index < -0.39 is 0 Å². The number of esters is 1. The van der Waals surface area contributed by atoms with Gasteiger partial charge in [0, 0.05) is 29.5 Å². The van der Waals surface area contributed by atoms with Gasteiger partial charge in [-0.15, -0.1) is 0 Å². The van der Waals surface area contributed by atoms with Crippen LogP contribution in [0.2, 0.25) is 5.02 Å². The monoisotopic (exact) mass is 330 g/mol. The molecule has 0 N–H and O–H groups in total. The Morgan fingerprint density at radius 2 is 2.04 bits per heavy atom. The zero-order valence-corrected chi connectivity index (χ0v) is 13.4. The topological polar surface area (TPSA) is 52.6 Å². The normalized spacial score (nSPS) is 12.7. The van der Waals surface area contributed by atoms with Crippen LogP contribution in [0.5, 0.6) is 5.75 Å². The van der Waals surface area contributed by atoms with Gasteiger partial charge in [-0.2, -0.15) is 0 Å². The lowest BCUT2D eigenvalue weighted by Gasteiger charge is -2.08. The Hall–Kier alpha value is -2.33. The predicted octanol–water partition coefficient (Wildman–Crippen LogP) is 3.57. The second-order valence-corrected chi connectivity index (χ2v) is 5.78. The fourth-order valence-electron chi connectivity index (χ4n) is 2.55. The Morgan fingerprint density at radius 3 is 2.83 bits per heavy atom. The highest BCUT2D eigenvalue weighted by Gasteiger charge is 2.22. The lowest BCUT2D eigenvalue weighted by Crippen LogP contribution is -2.06. The third-order valence-electron chi connectivity index (χ3n) is 3.68. The zero-order valence-electron chi connectivity index (χ0n) is 12.6.